The van der Waals surface area contributed by atoms with Crippen molar-refractivity contribution in [1.82, 2.24) is 5.32 Å². The molecule has 110 valence electrons. The van der Waals surface area contributed by atoms with Gasteiger partial charge < -0.3 is 15.7 Å². The summed E-state index contributed by atoms with van der Waals surface area (Å²) in [5.41, 5.74) is 1.80. The molecule has 1 aromatic rings. The van der Waals surface area contributed by atoms with Crippen molar-refractivity contribution in [2.24, 2.45) is 0 Å². The number of halogens is 1. The van der Waals surface area contributed by atoms with E-state index in [1.54, 1.807) is 0 Å². The van der Waals surface area contributed by atoms with E-state index in [1.807, 2.05) is 25.1 Å². The van der Waals surface area contributed by atoms with Crippen LogP contribution in [0.15, 0.2) is 22.7 Å². The zero-order valence-corrected chi connectivity index (χ0v) is 13.0. The molecular weight excluding hydrogens is 324 g/mol. The average molecular weight is 343 g/mol. The Hall–Kier alpha value is -1.56. The van der Waals surface area contributed by atoms with Crippen molar-refractivity contribution in [2.45, 2.75) is 32.6 Å². The number of aliphatic carboxylic acids is 1. The molecule has 0 fully saturated rings. The van der Waals surface area contributed by atoms with Gasteiger partial charge in [0.05, 0.1) is 5.69 Å². The quantitative estimate of drug-likeness (QED) is 0.663. The largest absolute Gasteiger partial charge is 0.481 e. The SMILES string of the molecule is Cc1ccc(Br)c(NC(=O)NCCCCCC(=O)O)c1. The number of hydrogen-bond acceptors (Lipinski definition) is 2. The number of carboxylic acid groups (broad SMARTS) is 1. The number of nitrogens with one attached hydrogen (secondary N) is 2. The lowest BCUT2D eigenvalue weighted by Crippen LogP contribution is -2.29. The maximum absolute atomic E-state index is 11.7. The minimum atomic E-state index is -0.778. The fraction of sp³-hybridized carbons (Fsp3) is 0.429. The molecule has 0 bridgehead atoms. The summed E-state index contributed by atoms with van der Waals surface area (Å²) >= 11 is 3.38. The summed E-state index contributed by atoms with van der Waals surface area (Å²) in [6.07, 6.45) is 2.39. The molecule has 0 aliphatic heterocycles. The van der Waals surface area contributed by atoms with Crippen molar-refractivity contribution in [3.8, 4) is 0 Å². The summed E-state index contributed by atoms with van der Waals surface area (Å²) in [4.78, 5) is 22.0. The Morgan fingerprint density at radius 3 is 2.70 bits per heavy atom. The lowest BCUT2D eigenvalue weighted by atomic mass is 10.2. The predicted octanol–water partition coefficient (Wildman–Crippen LogP) is 3.52. The minimum absolute atomic E-state index is 0.183. The van der Waals surface area contributed by atoms with Gasteiger partial charge in [0.2, 0.25) is 0 Å². The first-order valence-corrected chi connectivity index (χ1v) is 7.31. The van der Waals surface area contributed by atoms with Gasteiger partial charge in [0.15, 0.2) is 0 Å². The molecule has 5 nitrogen and oxygen atoms in total. The lowest BCUT2D eigenvalue weighted by Gasteiger charge is -2.09. The topological polar surface area (TPSA) is 78.4 Å². The van der Waals surface area contributed by atoms with Gasteiger partial charge >= 0.3 is 12.0 Å². The van der Waals surface area contributed by atoms with Crippen LogP contribution < -0.4 is 10.6 Å². The van der Waals surface area contributed by atoms with Gasteiger partial charge in [-0.1, -0.05) is 12.5 Å². The van der Waals surface area contributed by atoms with Crippen molar-refractivity contribution < 1.29 is 14.7 Å². The zero-order chi connectivity index (χ0) is 15.0. The van der Waals surface area contributed by atoms with Gasteiger partial charge in [0.1, 0.15) is 0 Å². The van der Waals surface area contributed by atoms with Crippen LogP contribution in [0.5, 0.6) is 0 Å². The molecule has 0 unspecified atom stereocenters. The molecule has 0 heterocycles. The molecule has 1 aromatic carbocycles. The third-order valence-corrected chi connectivity index (χ3v) is 3.41. The fourth-order valence-electron chi connectivity index (χ4n) is 1.68. The van der Waals surface area contributed by atoms with Gasteiger partial charge in [0, 0.05) is 17.4 Å². The van der Waals surface area contributed by atoms with Crippen LogP contribution in [0.4, 0.5) is 10.5 Å². The van der Waals surface area contributed by atoms with Gasteiger partial charge in [-0.2, -0.15) is 0 Å². The molecule has 1 rings (SSSR count). The highest BCUT2D eigenvalue weighted by atomic mass is 79.9. The molecule has 0 radical (unpaired) electrons. The zero-order valence-electron chi connectivity index (χ0n) is 11.4. The molecule has 0 saturated heterocycles. The molecule has 0 spiro atoms. The van der Waals surface area contributed by atoms with Crippen LogP contribution in [0.25, 0.3) is 0 Å². The second-order valence-electron chi connectivity index (χ2n) is 4.57. The van der Waals surface area contributed by atoms with E-state index in [0.717, 1.165) is 28.6 Å². The standard InChI is InChI=1S/C14H19BrN2O3/c1-10-6-7-11(15)12(9-10)17-14(20)16-8-4-2-3-5-13(18)19/h6-7,9H,2-5,8H2,1H3,(H,18,19)(H2,16,17,20). The first-order chi connectivity index (χ1) is 9.49. The molecule has 0 aliphatic rings. The Bertz CT molecular complexity index is 477. The third-order valence-electron chi connectivity index (χ3n) is 2.72. The average Bonchev–Trinajstić information content (AvgIpc) is 2.37. The van der Waals surface area contributed by atoms with E-state index >= 15 is 0 Å². The van der Waals surface area contributed by atoms with Crippen molar-refractivity contribution >= 4 is 33.6 Å². The fourth-order valence-corrected chi connectivity index (χ4v) is 2.03. The van der Waals surface area contributed by atoms with Gasteiger partial charge in [-0.15, -0.1) is 0 Å². The Labute approximate surface area is 126 Å². The van der Waals surface area contributed by atoms with Gasteiger partial charge in [-0.05, 0) is 53.4 Å². The van der Waals surface area contributed by atoms with E-state index in [9.17, 15) is 9.59 Å². The third kappa shape index (κ3) is 6.56. The molecule has 0 atom stereocenters. The van der Waals surface area contributed by atoms with Crippen molar-refractivity contribution in [1.29, 1.82) is 0 Å². The van der Waals surface area contributed by atoms with Crippen LogP contribution in [-0.4, -0.2) is 23.7 Å². The number of anilines is 1. The highest BCUT2D eigenvalue weighted by molar-refractivity contribution is 9.10. The smallest absolute Gasteiger partial charge is 0.319 e. The highest BCUT2D eigenvalue weighted by Crippen LogP contribution is 2.23. The first-order valence-electron chi connectivity index (χ1n) is 6.52. The molecule has 0 saturated carbocycles. The number of carboxylic acids is 1. The summed E-state index contributed by atoms with van der Waals surface area (Å²) in [7, 11) is 0. The molecule has 2 amide bonds. The summed E-state index contributed by atoms with van der Waals surface area (Å²) in [5.74, 6) is -0.778. The molecule has 0 aliphatic carbocycles. The van der Waals surface area contributed by atoms with E-state index < -0.39 is 5.97 Å². The number of unbranched alkanes of at least 4 members (excludes halogenated alkanes) is 2. The Balaban J connectivity index is 2.23. The van der Waals surface area contributed by atoms with E-state index in [2.05, 4.69) is 26.6 Å². The first kappa shape index (κ1) is 16.5. The van der Waals surface area contributed by atoms with E-state index in [0.29, 0.717) is 13.0 Å². The number of carbonyl (C=O) groups is 2. The Kier molecular flexibility index (Phi) is 7.08. The number of benzene rings is 1. The van der Waals surface area contributed by atoms with Crippen LogP contribution in [-0.2, 0) is 4.79 Å². The summed E-state index contributed by atoms with van der Waals surface area (Å²) < 4.78 is 0.833. The van der Waals surface area contributed by atoms with Gasteiger partial charge in [-0.3, -0.25) is 4.79 Å². The van der Waals surface area contributed by atoms with Gasteiger partial charge in [0.25, 0.3) is 0 Å². The van der Waals surface area contributed by atoms with Crippen LogP contribution >= 0.6 is 15.9 Å². The van der Waals surface area contributed by atoms with Crippen LogP contribution in [0, 0.1) is 6.92 Å². The van der Waals surface area contributed by atoms with Crippen LogP contribution in [0.1, 0.15) is 31.2 Å². The Morgan fingerprint density at radius 1 is 1.25 bits per heavy atom. The number of urea groups is 1. The number of amides is 2. The molecular formula is C14H19BrN2O3. The van der Waals surface area contributed by atoms with E-state index in [1.165, 1.54) is 0 Å². The molecule has 0 aromatic heterocycles. The summed E-state index contributed by atoms with van der Waals surface area (Å²) in [6.45, 7) is 2.49. The van der Waals surface area contributed by atoms with Crippen molar-refractivity contribution in [2.75, 3.05) is 11.9 Å². The van der Waals surface area contributed by atoms with E-state index in [4.69, 9.17) is 5.11 Å². The monoisotopic (exact) mass is 342 g/mol. The number of carbonyl (C=O) groups excluding carboxylic acids is 1. The predicted molar refractivity (Wildman–Crippen MR) is 82.0 cm³/mol. The number of rotatable bonds is 7. The van der Waals surface area contributed by atoms with E-state index in [-0.39, 0.29) is 12.5 Å². The van der Waals surface area contributed by atoms with Crippen LogP contribution in [0.3, 0.4) is 0 Å². The lowest BCUT2D eigenvalue weighted by molar-refractivity contribution is -0.137. The van der Waals surface area contributed by atoms with Gasteiger partial charge in [-0.25, -0.2) is 4.79 Å². The summed E-state index contributed by atoms with van der Waals surface area (Å²) in [6, 6.07) is 5.47. The van der Waals surface area contributed by atoms with Crippen LogP contribution in [0.2, 0.25) is 0 Å². The van der Waals surface area contributed by atoms with Crippen molar-refractivity contribution in [3.63, 3.8) is 0 Å². The number of hydrogen-bond donors (Lipinski definition) is 3. The maximum Gasteiger partial charge on any atom is 0.319 e. The molecule has 20 heavy (non-hydrogen) atoms. The Morgan fingerprint density at radius 2 is 2.00 bits per heavy atom. The second-order valence-corrected chi connectivity index (χ2v) is 5.42. The number of aryl methyl sites for hydroxylation is 1. The normalized spacial score (nSPS) is 10.1. The molecule has 6 heteroatoms. The molecule has 3 N–H and O–H groups in total. The van der Waals surface area contributed by atoms with Crippen molar-refractivity contribution in [3.05, 3.63) is 28.2 Å². The minimum Gasteiger partial charge on any atom is -0.481 e. The highest BCUT2D eigenvalue weighted by Gasteiger charge is 2.05. The second kappa shape index (κ2) is 8.58. The summed E-state index contributed by atoms with van der Waals surface area (Å²) in [5, 5.41) is 14.0. The maximum atomic E-state index is 11.7.